The number of aryl methyl sites for hydroxylation is 1. The van der Waals surface area contributed by atoms with Crippen LogP contribution in [0.2, 0.25) is 0 Å². The van der Waals surface area contributed by atoms with Gasteiger partial charge in [-0.1, -0.05) is 75.1 Å². The molecule has 0 atom stereocenters. The molecule has 2 N–H and O–H groups in total. The molecule has 0 fully saturated rings. The van der Waals surface area contributed by atoms with Gasteiger partial charge in [0.05, 0.1) is 0 Å². The number of terminal acetylenes is 1. The molecule has 0 heterocycles. The number of benzene rings is 1. The third kappa shape index (κ3) is 6.78. The van der Waals surface area contributed by atoms with Gasteiger partial charge in [-0.3, -0.25) is 0 Å². The van der Waals surface area contributed by atoms with Crippen molar-refractivity contribution in [3.05, 3.63) is 76.4 Å². The van der Waals surface area contributed by atoms with Gasteiger partial charge in [-0.25, -0.2) is 0 Å². The summed E-state index contributed by atoms with van der Waals surface area (Å²) in [5.41, 5.74) is 7.45. The first-order valence-corrected chi connectivity index (χ1v) is 10.9. The van der Waals surface area contributed by atoms with Crippen molar-refractivity contribution in [1.29, 1.82) is 0 Å². The van der Waals surface area contributed by atoms with Gasteiger partial charge in [-0.05, 0) is 53.2 Å². The number of rotatable bonds is 7. The Morgan fingerprint density at radius 3 is 2.75 bits per heavy atom. The zero-order valence-corrected chi connectivity index (χ0v) is 18.5. The van der Waals surface area contributed by atoms with Crippen LogP contribution < -0.4 is 10.0 Å². The Hall–Kier alpha value is -2.15. The monoisotopic (exact) mass is 392 g/mol. The molecule has 0 saturated heterocycles. The molecule has 3 heteroatoms. The number of anilines is 1. The van der Waals surface area contributed by atoms with E-state index in [0.29, 0.717) is 6.54 Å². The zero-order chi connectivity index (χ0) is 20.6. The standard InChI is InChI=1S/C25H32N2S/c1-7-20(11-12-21-9-8-10-23(16-21)25(3,4)5)17-26-18-22-13-14-24(27-28-6)19(2)15-22/h1,8,10-16,26-27H,9,17-18H2,2-6H3/b20-11+,21-12+. The van der Waals surface area contributed by atoms with Crippen molar-refractivity contribution in [3.8, 4) is 12.3 Å². The van der Waals surface area contributed by atoms with Crippen molar-refractivity contribution >= 4 is 17.6 Å². The van der Waals surface area contributed by atoms with Gasteiger partial charge >= 0.3 is 0 Å². The molecule has 1 aliphatic rings. The van der Waals surface area contributed by atoms with Crippen molar-refractivity contribution in [1.82, 2.24) is 5.32 Å². The molecule has 0 aromatic heterocycles. The maximum Gasteiger partial charge on any atom is 0.0469 e. The van der Waals surface area contributed by atoms with Crippen molar-refractivity contribution in [3.63, 3.8) is 0 Å². The third-order valence-corrected chi connectivity index (χ3v) is 5.11. The Bertz CT molecular complexity index is 842. The molecule has 0 unspecified atom stereocenters. The van der Waals surface area contributed by atoms with Gasteiger partial charge in [0.25, 0.3) is 0 Å². The summed E-state index contributed by atoms with van der Waals surface area (Å²) >= 11 is 1.61. The number of hydrogen-bond donors (Lipinski definition) is 2. The van der Waals surface area contributed by atoms with E-state index in [1.807, 2.05) is 6.26 Å². The molecular weight excluding hydrogens is 360 g/mol. The fraction of sp³-hybridized carbons (Fsp3) is 0.360. The molecule has 0 saturated carbocycles. The summed E-state index contributed by atoms with van der Waals surface area (Å²) < 4.78 is 3.29. The largest absolute Gasteiger partial charge is 0.330 e. The van der Waals surface area contributed by atoms with E-state index in [0.717, 1.165) is 24.2 Å². The summed E-state index contributed by atoms with van der Waals surface area (Å²) in [6.45, 7) is 10.3. The highest BCUT2D eigenvalue weighted by Crippen LogP contribution is 2.30. The summed E-state index contributed by atoms with van der Waals surface area (Å²) in [6.07, 6.45) is 19.7. The molecule has 148 valence electrons. The van der Waals surface area contributed by atoms with Gasteiger partial charge < -0.3 is 10.0 Å². The first kappa shape index (κ1) is 22.1. The van der Waals surface area contributed by atoms with Crippen molar-refractivity contribution < 1.29 is 0 Å². The lowest BCUT2D eigenvalue weighted by Gasteiger charge is -2.23. The van der Waals surface area contributed by atoms with Crippen LogP contribution in [0.3, 0.4) is 0 Å². The third-order valence-electron chi connectivity index (χ3n) is 4.69. The van der Waals surface area contributed by atoms with E-state index in [4.69, 9.17) is 6.42 Å². The minimum absolute atomic E-state index is 0.162. The van der Waals surface area contributed by atoms with E-state index in [1.54, 1.807) is 11.9 Å². The van der Waals surface area contributed by atoms with Crippen molar-refractivity contribution in [2.24, 2.45) is 5.41 Å². The fourth-order valence-corrected chi connectivity index (χ4v) is 3.43. The summed E-state index contributed by atoms with van der Waals surface area (Å²) in [7, 11) is 0. The second-order valence-corrected chi connectivity index (χ2v) is 8.71. The zero-order valence-electron chi connectivity index (χ0n) is 17.7. The predicted octanol–water partition coefficient (Wildman–Crippen LogP) is 6.19. The smallest absolute Gasteiger partial charge is 0.0469 e. The molecule has 2 nitrogen and oxygen atoms in total. The van der Waals surface area contributed by atoms with E-state index < -0.39 is 0 Å². The Morgan fingerprint density at radius 1 is 1.32 bits per heavy atom. The van der Waals surface area contributed by atoms with Crippen molar-refractivity contribution in [2.45, 2.75) is 40.7 Å². The number of hydrogen-bond acceptors (Lipinski definition) is 3. The van der Waals surface area contributed by atoms with Gasteiger partial charge in [0.2, 0.25) is 0 Å². The van der Waals surface area contributed by atoms with E-state index in [9.17, 15) is 0 Å². The minimum atomic E-state index is 0.162. The van der Waals surface area contributed by atoms with Crippen LogP contribution in [0.15, 0.2) is 65.3 Å². The van der Waals surface area contributed by atoms with Gasteiger partial charge in [0.1, 0.15) is 0 Å². The van der Waals surface area contributed by atoms with E-state index in [1.165, 1.54) is 22.3 Å². The van der Waals surface area contributed by atoms with Crippen LogP contribution in [0.4, 0.5) is 5.69 Å². The first-order valence-electron chi connectivity index (χ1n) is 9.68. The molecular formula is C25H32N2S. The van der Waals surface area contributed by atoms with Gasteiger partial charge in [0, 0.05) is 30.6 Å². The van der Waals surface area contributed by atoms with Gasteiger partial charge in [-0.15, -0.1) is 6.42 Å². The summed E-state index contributed by atoms with van der Waals surface area (Å²) in [4.78, 5) is 0. The fourth-order valence-electron chi connectivity index (χ4n) is 2.98. The molecule has 1 aromatic carbocycles. The van der Waals surface area contributed by atoms with Crippen LogP contribution in [-0.4, -0.2) is 12.8 Å². The van der Waals surface area contributed by atoms with Crippen LogP contribution in [0.25, 0.3) is 0 Å². The minimum Gasteiger partial charge on any atom is -0.330 e. The highest BCUT2D eigenvalue weighted by molar-refractivity contribution is 7.99. The van der Waals surface area contributed by atoms with Crippen molar-refractivity contribution in [2.75, 3.05) is 17.5 Å². The maximum absolute atomic E-state index is 5.71. The molecule has 0 radical (unpaired) electrons. The maximum atomic E-state index is 5.71. The van der Waals surface area contributed by atoms with Crippen LogP contribution in [0, 0.1) is 24.7 Å². The molecule has 1 aromatic rings. The Labute approximate surface area is 175 Å². The lowest BCUT2D eigenvalue weighted by atomic mass is 9.82. The topological polar surface area (TPSA) is 24.1 Å². The molecule has 1 aliphatic carbocycles. The molecule has 28 heavy (non-hydrogen) atoms. The van der Waals surface area contributed by atoms with E-state index >= 15 is 0 Å². The Balaban J connectivity index is 1.96. The Kier molecular flexibility index (Phi) is 8.23. The van der Waals surface area contributed by atoms with Gasteiger partial charge in [-0.2, -0.15) is 0 Å². The average Bonchev–Trinajstić information content (AvgIpc) is 2.66. The van der Waals surface area contributed by atoms with Crippen LogP contribution in [0.1, 0.15) is 38.3 Å². The molecule has 0 aliphatic heterocycles. The average molecular weight is 393 g/mol. The highest BCUT2D eigenvalue weighted by Gasteiger charge is 2.16. The van der Waals surface area contributed by atoms with Gasteiger partial charge in [0.15, 0.2) is 0 Å². The highest BCUT2D eigenvalue weighted by atomic mass is 32.2. The normalized spacial score (nSPS) is 16.1. The summed E-state index contributed by atoms with van der Waals surface area (Å²) in [5, 5.41) is 3.46. The quantitative estimate of drug-likeness (QED) is 0.427. The molecule has 0 bridgehead atoms. The lowest BCUT2D eigenvalue weighted by Crippen LogP contribution is -2.16. The molecule has 0 spiro atoms. The SMILES string of the molecule is C#C/C(=C\C=C1\C=C(C(C)(C)C)C=CC1)CNCc1ccc(NSC)c(C)c1. The molecule has 0 amide bonds. The van der Waals surface area contributed by atoms with Crippen LogP contribution in [-0.2, 0) is 6.54 Å². The second-order valence-electron chi connectivity index (χ2n) is 8.09. The van der Waals surface area contributed by atoms with Crippen LogP contribution in [0.5, 0.6) is 0 Å². The number of nitrogens with one attached hydrogen (secondary N) is 2. The van der Waals surface area contributed by atoms with Crippen LogP contribution >= 0.6 is 11.9 Å². The first-order chi connectivity index (χ1) is 13.3. The summed E-state index contributed by atoms with van der Waals surface area (Å²) in [6, 6.07) is 6.48. The summed E-state index contributed by atoms with van der Waals surface area (Å²) in [5.74, 6) is 2.81. The van der Waals surface area contributed by atoms with E-state index in [-0.39, 0.29) is 5.41 Å². The molecule has 2 rings (SSSR count). The lowest BCUT2D eigenvalue weighted by molar-refractivity contribution is 0.515. The van der Waals surface area contributed by atoms with E-state index in [2.05, 4.69) is 92.2 Å². The Morgan fingerprint density at radius 2 is 2.11 bits per heavy atom. The second kappa shape index (κ2) is 10.4. The predicted molar refractivity (Wildman–Crippen MR) is 126 cm³/mol. The number of allylic oxidation sites excluding steroid dienone is 7.